The Balaban J connectivity index is 2.90. The summed E-state index contributed by atoms with van der Waals surface area (Å²) in [5.74, 6) is -0.183. The van der Waals surface area contributed by atoms with Crippen LogP contribution in [0, 0.1) is 12.7 Å². The molecule has 0 amide bonds. The fourth-order valence-electron chi connectivity index (χ4n) is 1.17. The fourth-order valence-corrected chi connectivity index (χ4v) is 1.17. The summed E-state index contributed by atoms with van der Waals surface area (Å²) < 4.78 is 12.8. The minimum atomic E-state index is -0.183. The first-order chi connectivity index (χ1) is 5.88. The summed E-state index contributed by atoms with van der Waals surface area (Å²) in [4.78, 5) is 0. The van der Waals surface area contributed by atoms with Crippen molar-refractivity contribution >= 4 is 5.69 Å². The van der Waals surface area contributed by atoms with Gasteiger partial charge in [0.25, 0.3) is 0 Å². The summed E-state index contributed by atoms with van der Waals surface area (Å²) in [5.41, 5.74) is 1.95. The van der Waals surface area contributed by atoms with Crippen molar-refractivity contribution in [1.82, 2.24) is 0 Å². The molecular weight excluding hydrogens is 165 g/mol. The van der Waals surface area contributed by atoms with Crippen molar-refractivity contribution in [3.05, 3.63) is 29.6 Å². The zero-order chi connectivity index (χ0) is 10.1. The van der Waals surface area contributed by atoms with Crippen LogP contribution in [0.15, 0.2) is 18.2 Å². The molecule has 0 unspecified atom stereocenters. The van der Waals surface area contributed by atoms with Crippen LogP contribution in [-0.2, 0) is 0 Å². The molecule has 1 nitrogen and oxygen atoms in total. The largest absolute Gasteiger partial charge is 0.380 e. The third kappa shape index (κ3) is 3.05. The van der Waals surface area contributed by atoms with E-state index in [0.29, 0.717) is 0 Å². The molecule has 0 aliphatic heterocycles. The molecule has 0 saturated heterocycles. The topological polar surface area (TPSA) is 12.0 Å². The Kier molecular flexibility index (Phi) is 2.60. The van der Waals surface area contributed by atoms with Crippen LogP contribution < -0.4 is 5.32 Å². The zero-order valence-electron chi connectivity index (χ0n) is 8.61. The van der Waals surface area contributed by atoms with Crippen molar-refractivity contribution in [1.29, 1.82) is 0 Å². The molecule has 0 aliphatic carbocycles. The van der Waals surface area contributed by atoms with Crippen LogP contribution in [0.2, 0.25) is 0 Å². The number of halogens is 1. The van der Waals surface area contributed by atoms with Gasteiger partial charge in [0.05, 0.1) is 0 Å². The van der Waals surface area contributed by atoms with E-state index >= 15 is 0 Å². The summed E-state index contributed by atoms with van der Waals surface area (Å²) in [7, 11) is 0. The van der Waals surface area contributed by atoms with E-state index in [1.807, 2.05) is 6.92 Å². The van der Waals surface area contributed by atoms with Crippen molar-refractivity contribution in [3.8, 4) is 0 Å². The Morgan fingerprint density at radius 2 is 1.85 bits per heavy atom. The van der Waals surface area contributed by atoms with Gasteiger partial charge in [0.15, 0.2) is 0 Å². The highest BCUT2D eigenvalue weighted by Gasteiger charge is 2.10. The molecule has 0 bridgehead atoms. The number of aryl methyl sites for hydroxylation is 1. The van der Waals surface area contributed by atoms with Crippen molar-refractivity contribution in [2.24, 2.45) is 0 Å². The lowest BCUT2D eigenvalue weighted by atomic mass is 10.1. The third-order valence-corrected chi connectivity index (χ3v) is 1.70. The van der Waals surface area contributed by atoms with Gasteiger partial charge in [-0.05, 0) is 51.5 Å². The normalized spacial score (nSPS) is 11.5. The summed E-state index contributed by atoms with van der Waals surface area (Å²) in [6.07, 6.45) is 0. The van der Waals surface area contributed by atoms with Gasteiger partial charge in [0.2, 0.25) is 0 Å². The lowest BCUT2D eigenvalue weighted by Crippen LogP contribution is -2.26. The van der Waals surface area contributed by atoms with Crippen molar-refractivity contribution < 1.29 is 4.39 Å². The molecule has 0 spiro atoms. The van der Waals surface area contributed by atoms with Crippen LogP contribution in [0.1, 0.15) is 26.3 Å². The van der Waals surface area contributed by atoms with Gasteiger partial charge in [-0.3, -0.25) is 0 Å². The average Bonchev–Trinajstić information content (AvgIpc) is 1.93. The maximum Gasteiger partial charge on any atom is 0.123 e. The maximum absolute atomic E-state index is 12.8. The van der Waals surface area contributed by atoms with Crippen LogP contribution >= 0.6 is 0 Å². The molecule has 1 rings (SSSR count). The van der Waals surface area contributed by atoms with Crippen LogP contribution in [0.5, 0.6) is 0 Å². The number of hydrogen-bond acceptors (Lipinski definition) is 1. The molecule has 72 valence electrons. The lowest BCUT2D eigenvalue weighted by molar-refractivity contribution is 0.620. The Hall–Kier alpha value is -1.05. The quantitative estimate of drug-likeness (QED) is 0.700. The van der Waals surface area contributed by atoms with E-state index in [9.17, 15) is 4.39 Å². The van der Waals surface area contributed by atoms with E-state index in [-0.39, 0.29) is 11.4 Å². The van der Waals surface area contributed by atoms with E-state index in [1.165, 1.54) is 12.1 Å². The summed E-state index contributed by atoms with van der Waals surface area (Å²) in [6.45, 7) is 8.14. The average molecular weight is 181 g/mol. The third-order valence-electron chi connectivity index (χ3n) is 1.70. The van der Waals surface area contributed by atoms with Gasteiger partial charge in [-0.15, -0.1) is 0 Å². The predicted molar refractivity (Wildman–Crippen MR) is 54.5 cm³/mol. The van der Waals surface area contributed by atoms with E-state index in [0.717, 1.165) is 11.3 Å². The maximum atomic E-state index is 12.8. The number of hydrogen-bond donors (Lipinski definition) is 1. The molecule has 1 aromatic rings. The van der Waals surface area contributed by atoms with Gasteiger partial charge in [-0.1, -0.05) is 0 Å². The lowest BCUT2D eigenvalue weighted by Gasteiger charge is -2.23. The van der Waals surface area contributed by atoms with Crippen molar-refractivity contribution in [3.63, 3.8) is 0 Å². The first-order valence-corrected chi connectivity index (χ1v) is 4.43. The molecule has 0 radical (unpaired) electrons. The molecule has 0 atom stereocenters. The van der Waals surface area contributed by atoms with Crippen molar-refractivity contribution in [2.45, 2.75) is 33.2 Å². The molecule has 2 heteroatoms. The van der Waals surface area contributed by atoms with Crippen LogP contribution in [0.4, 0.5) is 10.1 Å². The highest BCUT2D eigenvalue weighted by Crippen LogP contribution is 2.19. The molecule has 13 heavy (non-hydrogen) atoms. The Bertz CT molecular complexity index is 299. The molecule has 1 aromatic carbocycles. The van der Waals surface area contributed by atoms with E-state index < -0.39 is 0 Å². The van der Waals surface area contributed by atoms with Gasteiger partial charge < -0.3 is 5.32 Å². The smallest absolute Gasteiger partial charge is 0.123 e. The second kappa shape index (κ2) is 3.36. The van der Waals surface area contributed by atoms with Crippen LogP contribution in [0.3, 0.4) is 0 Å². The van der Waals surface area contributed by atoms with Gasteiger partial charge in [0, 0.05) is 11.2 Å². The first kappa shape index (κ1) is 10.0. The molecule has 1 N–H and O–H groups in total. The van der Waals surface area contributed by atoms with Crippen molar-refractivity contribution in [2.75, 3.05) is 5.32 Å². The van der Waals surface area contributed by atoms with Gasteiger partial charge in [-0.25, -0.2) is 4.39 Å². The summed E-state index contributed by atoms with van der Waals surface area (Å²) in [6, 6.07) is 4.78. The van der Waals surface area contributed by atoms with E-state index in [4.69, 9.17) is 0 Å². The second-order valence-electron chi connectivity index (χ2n) is 4.33. The Labute approximate surface area is 79.0 Å². The highest BCUT2D eigenvalue weighted by molar-refractivity contribution is 5.51. The molecule has 0 heterocycles. The monoisotopic (exact) mass is 181 g/mol. The molecule has 0 saturated carbocycles. The first-order valence-electron chi connectivity index (χ1n) is 4.43. The summed E-state index contributed by atoms with van der Waals surface area (Å²) in [5, 5.41) is 3.31. The fraction of sp³-hybridized carbons (Fsp3) is 0.455. The Morgan fingerprint density at radius 3 is 2.31 bits per heavy atom. The molecular formula is C11H16FN. The number of rotatable bonds is 1. The molecule has 0 fully saturated rings. The number of benzene rings is 1. The van der Waals surface area contributed by atoms with E-state index in [2.05, 4.69) is 26.1 Å². The van der Waals surface area contributed by atoms with Crippen LogP contribution in [-0.4, -0.2) is 5.54 Å². The summed E-state index contributed by atoms with van der Waals surface area (Å²) >= 11 is 0. The standard InChI is InChI=1S/C11H16FN/c1-8-7-9(12)5-6-10(8)13-11(2,3)4/h5-7,13H,1-4H3. The van der Waals surface area contributed by atoms with Crippen LogP contribution in [0.25, 0.3) is 0 Å². The minimum absolute atomic E-state index is 0.0165. The van der Waals surface area contributed by atoms with Gasteiger partial charge in [-0.2, -0.15) is 0 Å². The second-order valence-corrected chi connectivity index (χ2v) is 4.33. The predicted octanol–water partition coefficient (Wildman–Crippen LogP) is 3.34. The zero-order valence-corrected chi connectivity index (χ0v) is 8.61. The van der Waals surface area contributed by atoms with E-state index in [1.54, 1.807) is 6.07 Å². The molecule has 0 aliphatic rings. The van der Waals surface area contributed by atoms with Gasteiger partial charge in [0.1, 0.15) is 5.82 Å². The van der Waals surface area contributed by atoms with Gasteiger partial charge >= 0.3 is 0 Å². The highest BCUT2D eigenvalue weighted by atomic mass is 19.1. The number of nitrogens with one attached hydrogen (secondary N) is 1. The SMILES string of the molecule is Cc1cc(F)ccc1NC(C)(C)C. The minimum Gasteiger partial charge on any atom is -0.380 e. The molecule has 0 aromatic heterocycles. The number of anilines is 1. The Morgan fingerprint density at radius 1 is 1.23 bits per heavy atom.